The molecule has 6 rings (SSSR count). The fourth-order valence-corrected chi connectivity index (χ4v) is 5.86. The Bertz CT molecular complexity index is 1710. The number of aliphatic hydroxyl groups excluding tert-OH is 1. The lowest BCUT2D eigenvalue weighted by atomic mass is 9.99. The van der Waals surface area contributed by atoms with E-state index in [-0.39, 0.29) is 31.3 Å². The van der Waals surface area contributed by atoms with Crippen molar-refractivity contribution in [1.29, 1.82) is 0 Å². The van der Waals surface area contributed by atoms with Crippen LogP contribution in [-0.4, -0.2) is 72.5 Å². The predicted octanol–water partition coefficient (Wildman–Crippen LogP) is 5.56. The number of carbonyl (C=O) groups is 2. The number of urea groups is 1. The first-order chi connectivity index (χ1) is 21.8. The van der Waals surface area contributed by atoms with Crippen molar-refractivity contribution in [1.82, 2.24) is 9.80 Å². The zero-order chi connectivity index (χ0) is 31.5. The molecule has 10 heteroatoms. The molecule has 0 aromatic heterocycles. The van der Waals surface area contributed by atoms with Gasteiger partial charge in [-0.2, -0.15) is 0 Å². The molecule has 0 saturated heterocycles. The lowest BCUT2D eigenvalue weighted by Crippen LogP contribution is -2.49. The molecule has 0 unspecified atom stereocenters. The van der Waals surface area contributed by atoms with Crippen LogP contribution >= 0.6 is 0 Å². The second kappa shape index (κ2) is 13.1. The Hall–Kier alpha value is -4.80. The number of amides is 3. The summed E-state index contributed by atoms with van der Waals surface area (Å²) in [4.78, 5) is 30.8. The summed E-state index contributed by atoms with van der Waals surface area (Å²) in [7, 11) is 2.03. The second-order valence-corrected chi connectivity index (χ2v) is 11.8. The summed E-state index contributed by atoms with van der Waals surface area (Å²) in [6.45, 7) is 5.61. The highest BCUT2D eigenvalue weighted by molar-refractivity contribution is 6.07. The Labute approximate surface area is 262 Å². The van der Waals surface area contributed by atoms with Gasteiger partial charge in [0, 0.05) is 36.6 Å². The van der Waals surface area contributed by atoms with Crippen molar-refractivity contribution < 1.29 is 28.9 Å². The maximum absolute atomic E-state index is 13.8. The molecule has 2 aliphatic heterocycles. The largest absolute Gasteiger partial charge is 0.488 e. The van der Waals surface area contributed by atoms with Crippen LogP contribution < -0.4 is 24.8 Å². The second-order valence-electron chi connectivity index (χ2n) is 11.8. The number of hydrogen-bond donors (Lipinski definition) is 3. The minimum Gasteiger partial charge on any atom is -0.488 e. The Balaban J connectivity index is 1.21. The molecule has 45 heavy (non-hydrogen) atoms. The van der Waals surface area contributed by atoms with E-state index in [1.54, 1.807) is 23.1 Å². The molecule has 10 nitrogen and oxygen atoms in total. The van der Waals surface area contributed by atoms with Gasteiger partial charge in [-0.1, -0.05) is 49.4 Å². The average Bonchev–Trinajstić information content (AvgIpc) is 3.51. The number of ether oxygens (including phenoxy) is 3. The summed E-state index contributed by atoms with van der Waals surface area (Å²) < 4.78 is 17.5. The SMILES string of the molecule is C[C@@H]1CN([C@@H](C)CO)C(=O)c2cc(NC(=O)Nc3cccc4ccccc34)ccc2O[C@H]1CN(C)Cc1ccc2c(c1)OCO2. The molecule has 4 aromatic carbocycles. The number of likely N-dealkylation sites (N-methyl/N-ethyl adjacent to an activating group) is 1. The van der Waals surface area contributed by atoms with Crippen LogP contribution in [-0.2, 0) is 6.54 Å². The highest BCUT2D eigenvalue weighted by Crippen LogP contribution is 2.34. The molecule has 0 saturated carbocycles. The zero-order valence-electron chi connectivity index (χ0n) is 25.7. The Morgan fingerprint density at radius 2 is 1.78 bits per heavy atom. The quantitative estimate of drug-likeness (QED) is 0.239. The number of aliphatic hydroxyl groups is 1. The minimum absolute atomic E-state index is 0.0282. The number of hydrogen-bond acceptors (Lipinski definition) is 7. The number of nitrogens with zero attached hydrogens (tertiary/aromatic N) is 2. The number of fused-ring (bicyclic) bond motifs is 3. The highest BCUT2D eigenvalue weighted by Gasteiger charge is 2.33. The lowest BCUT2D eigenvalue weighted by Gasteiger charge is -2.38. The van der Waals surface area contributed by atoms with Gasteiger partial charge in [0.1, 0.15) is 11.9 Å². The van der Waals surface area contributed by atoms with Crippen LogP contribution in [0, 0.1) is 5.92 Å². The van der Waals surface area contributed by atoms with Crippen LogP contribution in [0.2, 0.25) is 0 Å². The zero-order valence-corrected chi connectivity index (χ0v) is 25.7. The molecule has 0 radical (unpaired) electrons. The Morgan fingerprint density at radius 3 is 2.62 bits per heavy atom. The maximum Gasteiger partial charge on any atom is 0.323 e. The van der Waals surface area contributed by atoms with Crippen LogP contribution in [0.5, 0.6) is 17.2 Å². The van der Waals surface area contributed by atoms with E-state index in [1.807, 2.05) is 74.6 Å². The van der Waals surface area contributed by atoms with E-state index in [9.17, 15) is 14.7 Å². The van der Waals surface area contributed by atoms with Gasteiger partial charge < -0.3 is 34.9 Å². The first kappa shape index (κ1) is 30.2. The molecule has 0 aliphatic carbocycles. The number of anilines is 2. The first-order valence-corrected chi connectivity index (χ1v) is 15.1. The third-order valence-corrected chi connectivity index (χ3v) is 8.34. The minimum atomic E-state index is -0.428. The van der Waals surface area contributed by atoms with Crippen molar-refractivity contribution in [3.05, 3.63) is 90.0 Å². The molecule has 4 aromatic rings. The molecule has 3 amide bonds. The fraction of sp³-hybridized carbons (Fsp3) is 0.314. The first-order valence-electron chi connectivity index (χ1n) is 15.1. The van der Waals surface area contributed by atoms with Crippen molar-refractivity contribution in [2.45, 2.75) is 32.5 Å². The van der Waals surface area contributed by atoms with E-state index in [0.717, 1.165) is 27.8 Å². The van der Waals surface area contributed by atoms with E-state index >= 15 is 0 Å². The molecule has 0 spiro atoms. The molecule has 3 N–H and O–H groups in total. The molecular formula is C35H38N4O6. The molecule has 3 atom stereocenters. The van der Waals surface area contributed by atoms with Gasteiger partial charge in [0.25, 0.3) is 5.91 Å². The van der Waals surface area contributed by atoms with Crippen LogP contribution in [0.1, 0.15) is 29.8 Å². The summed E-state index contributed by atoms with van der Waals surface area (Å²) in [5.41, 5.74) is 2.54. The summed E-state index contributed by atoms with van der Waals surface area (Å²) in [6, 6.07) is 23.7. The number of nitrogens with one attached hydrogen (secondary N) is 2. The van der Waals surface area contributed by atoms with E-state index < -0.39 is 12.1 Å². The van der Waals surface area contributed by atoms with Gasteiger partial charge in [-0.25, -0.2) is 4.79 Å². The van der Waals surface area contributed by atoms with Gasteiger partial charge in [0.15, 0.2) is 11.5 Å². The van der Waals surface area contributed by atoms with Crippen molar-refractivity contribution in [3.8, 4) is 17.2 Å². The van der Waals surface area contributed by atoms with E-state index in [4.69, 9.17) is 14.2 Å². The number of rotatable bonds is 8. The molecule has 2 heterocycles. The highest BCUT2D eigenvalue weighted by atomic mass is 16.7. The van der Waals surface area contributed by atoms with Gasteiger partial charge in [0.05, 0.1) is 23.9 Å². The number of benzene rings is 4. The van der Waals surface area contributed by atoms with Crippen LogP contribution in [0.4, 0.5) is 16.2 Å². The summed E-state index contributed by atoms with van der Waals surface area (Å²) in [5.74, 6) is 1.64. The average molecular weight is 611 g/mol. The van der Waals surface area contributed by atoms with Crippen molar-refractivity contribution in [3.63, 3.8) is 0 Å². The normalized spacial score (nSPS) is 18.2. The van der Waals surface area contributed by atoms with Crippen LogP contribution in [0.3, 0.4) is 0 Å². The Kier molecular flexibility index (Phi) is 8.77. The van der Waals surface area contributed by atoms with Gasteiger partial charge in [-0.15, -0.1) is 0 Å². The summed E-state index contributed by atoms with van der Waals surface area (Å²) in [6.07, 6.45) is -0.252. The van der Waals surface area contributed by atoms with Gasteiger partial charge in [0.2, 0.25) is 6.79 Å². The summed E-state index contributed by atoms with van der Waals surface area (Å²) >= 11 is 0. The molecule has 0 bridgehead atoms. The maximum atomic E-state index is 13.8. The van der Waals surface area contributed by atoms with Crippen molar-refractivity contribution >= 4 is 34.1 Å². The van der Waals surface area contributed by atoms with E-state index in [0.29, 0.717) is 42.3 Å². The molecule has 0 fully saturated rings. The van der Waals surface area contributed by atoms with Crippen LogP contribution in [0.15, 0.2) is 78.9 Å². The number of carbonyl (C=O) groups excluding carboxylic acids is 2. The monoisotopic (exact) mass is 610 g/mol. The van der Waals surface area contributed by atoms with Crippen molar-refractivity contribution in [2.75, 3.05) is 44.2 Å². The van der Waals surface area contributed by atoms with Crippen LogP contribution in [0.25, 0.3) is 10.8 Å². The lowest BCUT2D eigenvalue weighted by molar-refractivity contribution is 0.0341. The summed E-state index contributed by atoms with van der Waals surface area (Å²) in [5, 5.41) is 17.7. The predicted molar refractivity (Wildman–Crippen MR) is 173 cm³/mol. The molecule has 2 aliphatic rings. The van der Waals surface area contributed by atoms with E-state index in [1.165, 1.54) is 0 Å². The fourth-order valence-electron chi connectivity index (χ4n) is 5.86. The third kappa shape index (κ3) is 6.67. The molecular weight excluding hydrogens is 572 g/mol. The van der Waals surface area contributed by atoms with Gasteiger partial charge in [-0.05, 0) is 61.3 Å². The third-order valence-electron chi connectivity index (χ3n) is 8.34. The van der Waals surface area contributed by atoms with Gasteiger partial charge in [-0.3, -0.25) is 9.69 Å². The van der Waals surface area contributed by atoms with Crippen molar-refractivity contribution in [2.24, 2.45) is 5.92 Å². The molecule has 234 valence electrons. The smallest absolute Gasteiger partial charge is 0.323 e. The standard InChI is InChI=1S/C35H38N4O6/c1-22-17-39(23(2)20-40)34(41)28-16-26(36-35(42)37-29-10-6-8-25-7-4-5-9-27(25)29)12-14-30(28)45-33(22)19-38(3)18-24-11-13-31-32(15-24)44-21-43-31/h4-16,22-23,33,40H,17-21H2,1-3H3,(H2,36,37,42)/t22-,23+,33+/m1/s1. The topological polar surface area (TPSA) is 113 Å². The Morgan fingerprint density at radius 1 is 1.00 bits per heavy atom. The van der Waals surface area contributed by atoms with E-state index in [2.05, 4.69) is 22.5 Å². The van der Waals surface area contributed by atoms with Gasteiger partial charge >= 0.3 is 6.03 Å².